The van der Waals surface area contributed by atoms with Crippen LogP contribution in [0.4, 0.5) is 0 Å². The Balaban J connectivity index is 1.24. The number of fused-ring (bicyclic) bond motifs is 2. The van der Waals surface area contributed by atoms with Crippen molar-refractivity contribution in [1.82, 2.24) is 0 Å². The summed E-state index contributed by atoms with van der Waals surface area (Å²) in [6.07, 6.45) is 3.45. The molecule has 0 saturated heterocycles. The van der Waals surface area contributed by atoms with Crippen LogP contribution in [0.15, 0.2) is 144 Å². The highest BCUT2D eigenvalue weighted by molar-refractivity contribution is 6.25. The van der Waals surface area contributed by atoms with Gasteiger partial charge < -0.3 is 4.42 Å². The van der Waals surface area contributed by atoms with E-state index in [0.29, 0.717) is 0 Å². The molecule has 9 rings (SSSR count). The molecule has 214 valence electrons. The Bertz CT molecular complexity index is 2440. The summed E-state index contributed by atoms with van der Waals surface area (Å²) in [5.74, 6) is 0. The number of hydrogen-bond donors (Lipinski definition) is 0. The van der Waals surface area contributed by atoms with Gasteiger partial charge >= 0.3 is 0 Å². The molecule has 9 aromatic rings. The highest BCUT2D eigenvalue weighted by Crippen LogP contribution is 2.45. The molecule has 0 aliphatic carbocycles. The van der Waals surface area contributed by atoms with Crippen molar-refractivity contribution in [2.24, 2.45) is 0 Å². The zero-order valence-electron chi connectivity index (χ0n) is 25.3. The van der Waals surface area contributed by atoms with Crippen molar-refractivity contribution >= 4 is 54.3 Å². The van der Waals surface area contributed by atoms with Gasteiger partial charge in [0.25, 0.3) is 0 Å². The molecular weight excluding hydrogens is 544 g/mol. The molecule has 0 saturated carbocycles. The van der Waals surface area contributed by atoms with Crippen molar-refractivity contribution in [1.29, 1.82) is 0 Å². The topological polar surface area (TPSA) is 13.1 Å². The lowest BCUT2D eigenvalue weighted by Gasteiger charge is -2.18. The van der Waals surface area contributed by atoms with Crippen LogP contribution in [0.3, 0.4) is 0 Å². The summed E-state index contributed by atoms with van der Waals surface area (Å²) < 4.78 is 6.43. The molecule has 0 aliphatic rings. The molecule has 0 N–H and O–H groups in total. The number of benzene rings is 8. The normalized spacial score (nSPS) is 11.9. The van der Waals surface area contributed by atoms with Gasteiger partial charge in [0.2, 0.25) is 0 Å². The van der Waals surface area contributed by atoms with E-state index in [1.807, 2.05) is 0 Å². The molecule has 0 bridgehead atoms. The van der Waals surface area contributed by atoms with Crippen LogP contribution in [0.5, 0.6) is 0 Å². The highest BCUT2D eigenvalue weighted by Gasteiger charge is 2.19. The predicted octanol–water partition coefficient (Wildman–Crippen LogP) is 12.8. The smallest absolute Gasteiger partial charge is 0.136 e. The maximum atomic E-state index is 6.43. The Hall–Kier alpha value is -5.40. The van der Waals surface area contributed by atoms with Crippen molar-refractivity contribution in [2.45, 2.75) is 26.2 Å². The molecule has 0 atom stereocenters. The minimum absolute atomic E-state index is 0.968. The second kappa shape index (κ2) is 10.4. The second-order valence-electron chi connectivity index (χ2n) is 12.3. The number of aryl methyl sites for hydroxylation is 1. The van der Waals surface area contributed by atoms with Gasteiger partial charge in [-0.15, -0.1) is 0 Å². The Labute approximate surface area is 262 Å². The van der Waals surface area contributed by atoms with Crippen molar-refractivity contribution in [3.8, 4) is 33.4 Å². The van der Waals surface area contributed by atoms with E-state index in [9.17, 15) is 0 Å². The van der Waals surface area contributed by atoms with Crippen LogP contribution in [0, 0.1) is 0 Å². The van der Waals surface area contributed by atoms with Crippen LogP contribution in [0.2, 0.25) is 0 Å². The number of furan rings is 1. The minimum atomic E-state index is 0.968. The van der Waals surface area contributed by atoms with Crippen LogP contribution in [-0.2, 0) is 6.42 Å². The number of unbranched alkanes of at least 4 members (excludes halogenated alkanes) is 1. The molecular formula is C44H32O. The Kier molecular flexibility index (Phi) is 5.99. The number of rotatable bonds is 6. The summed E-state index contributed by atoms with van der Waals surface area (Å²) >= 11 is 0. The zero-order chi connectivity index (χ0) is 29.9. The van der Waals surface area contributed by atoms with Crippen LogP contribution < -0.4 is 0 Å². The molecule has 8 aromatic carbocycles. The zero-order valence-corrected chi connectivity index (χ0v) is 25.3. The van der Waals surface area contributed by atoms with Crippen molar-refractivity contribution in [2.75, 3.05) is 0 Å². The summed E-state index contributed by atoms with van der Waals surface area (Å²) in [7, 11) is 0. The van der Waals surface area contributed by atoms with Gasteiger partial charge in [0.1, 0.15) is 11.2 Å². The van der Waals surface area contributed by atoms with Crippen molar-refractivity contribution < 1.29 is 4.42 Å². The van der Waals surface area contributed by atoms with E-state index in [4.69, 9.17) is 4.42 Å². The quantitative estimate of drug-likeness (QED) is 0.142. The standard InChI is InChI=1S/C44H32O/c1-2-3-12-28-25-32-27-38(37-19-11-20-39-44(37)43(32)40(26-28)45-39)29-21-23-31(24-22-29)42-35-17-9-7-15-33(35)41(30-13-5-4-6-14-30)34-16-8-10-18-36(34)42/h4-11,13-27H,2-3,12H2,1H3. The van der Waals surface area contributed by atoms with Gasteiger partial charge in [0.15, 0.2) is 0 Å². The Morgan fingerprint density at radius 3 is 1.69 bits per heavy atom. The molecule has 0 aliphatic heterocycles. The van der Waals surface area contributed by atoms with E-state index in [0.717, 1.165) is 17.6 Å². The summed E-state index contributed by atoms with van der Waals surface area (Å²) in [5.41, 5.74) is 10.9. The first-order valence-electron chi connectivity index (χ1n) is 16.1. The minimum Gasteiger partial charge on any atom is -0.456 e. The molecule has 45 heavy (non-hydrogen) atoms. The third-order valence-electron chi connectivity index (χ3n) is 9.58. The third-order valence-corrected chi connectivity index (χ3v) is 9.58. The van der Waals surface area contributed by atoms with E-state index in [1.165, 1.54) is 94.9 Å². The van der Waals surface area contributed by atoms with E-state index >= 15 is 0 Å². The lowest BCUT2D eigenvalue weighted by Crippen LogP contribution is -1.91. The molecule has 0 radical (unpaired) electrons. The first kappa shape index (κ1) is 26.0. The van der Waals surface area contributed by atoms with Gasteiger partial charge in [-0.2, -0.15) is 0 Å². The maximum Gasteiger partial charge on any atom is 0.136 e. The van der Waals surface area contributed by atoms with Crippen molar-refractivity contribution in [3.05, 3.63) is 145 Å². The van der Waals surface area contributed by atoms with E-state index < -0.39 is 0 Å². The maximum absolute atomic E-state index is 6.43. The molecule has 0 unspecified atom stereocenters. The molecule has 0 spiro atoms. The van der Waals surface area contributed by atoms with Gasteiger partial charge in [-0.05, 0) is 102 Å². The van der Waals surface area contributed by atoms with Crippen LogP contribution in [0.25, 0.3) is 87.6 Å². The fourth-order valence-corrected chi connectivity index (χ4v) is 7.54. The molecule has 1 heteroatoms. The summed E-state index contributed by atoms with van der Waals surface area (Å²) in [6, 6.07) is 51.2. The van der Waals surface area contributed by atoms with Crippen LogP contribution in [0.1, 0.15) is 25.3 Å². The third kappa shape index (κ3) is 4.08. The van der Waals surface area contributed by atoms with Crippen molar-refractivity contribution in [3.63, 3.8) is 0 Å². The Morgan fingerprint density at radius 2 is 1.04 bits per heavy atom. The molecule has 0 fully saturated rings. The first-order chi connectivity index (χ1) is 22.3. The second-order valence-corrected chi connectivity index (χ2v) is 12.3. The highest BCUT2D eigenvalue weighted by atomic mass is 16.3. The first-order valence-corrected chi connectivity index (χ1v) is 16.1. The van der Waals surface area contributed by atoms with Gasteiger partial charge in [-0.3, -0.25) is 0 Å². The monoisotopic (exact) mass is 576 g/mol. The lowest BCUT2D eigenvalue weighted by atomic mass is 9.85. The Morgan fingerprint density at radius 1 is 0.467 bits per heavy atom. The van der Waals surface area contributed by atoms with Gasteiger partial charge in [-0.1, -0.05) is 135 Å². The van der Waals surface area contributed by atoms with Crippen LogP contribution >= 0.6 is 0 Å². The SMILES string of the molecule is CCCCc1cc2cc(-c3ccc(-c4c5ccccc5c(-c5ccccc5)c5ccccc45)cc3)c3cccc4oc(c1)c2c43. The van der Waals surface area contributed by atoms with E-state index in [-0.39, 0.29) is 0 Å². The number of hydrogen-bond acceptors (Lipinski definition) is 1. The van der Waals surface area contributed by atoms with Gasteiger partial charge in [-0.25, -0.2) is 0 Å². The fourth-order valence-electron chi connectivity index (χ4n) is 7.54. The lowest BCUT2D eigenvalue weighted by molar-refractivity contribution is 0.668. The van der Waals surface area contributed by atoms with Gasteiger partial charge in [0.05, 0.1) is 0 Å². The molecule has 1 heterocycles. The summed E-state index contributed by atoms with van der Waals surface area (Å²) in [4.78, 5) is 0. The predicted molar refractivity (Wildman–Crippen MR) is 192 cm³/mol. The van der Waals surface area contributed by atoms with Crippen LogP contribution in [-0.4, -0.2) is 0 Å². The molecule has 1 nitrogen and oxygen atoms in total. The summed E-state index contributed by atoms with van der Waals surface area (Å²) in [6.45, 7) is 2.25. The molecule has 0 amide bonds. The molecule has 1 aromatic heterocycles. The average molecular weight is 577 g/mol. The summed E-state index contributed by atoms with van der Waals surface area (Å²) in [5, 5.41) is 10.1. The largest absolute Gasteiger partial charge is 0.456 e. The average Bonchev–Trinajstić information content (AvgIpc) is 3.48. The fraction of sp³-hybridized carbons (Fsp3) is 0.0909. The van der Waals surface area contributed by atoms with E-state index in [1.54, 1.807) is 0 Å². The van der Waals surface area contributed by atoms with E-state index in [2.05, 4.69) is 146 Å². The van der Waals surface area contributed by atoms with Gasteiger partial charge in [0, 0.05) is 10.8 Å².